The third kappa shape index (κ3) is 3.69. The van der Waals surface area contributed by atoms with Crippen molar-refractivity contribution in [2.24, 2.45) is 0 Å². The molecule has 2 amide bonds. The van der Waals surface area contributed by atoms with Crippen LogP contribution in [0.1, 0.15) is 25.5 Å². The van der Waals surface area contributed by atoms with Crippen molar-refractivity contribution in [2.75, 3.05) is 19.6 Å². The fourth-order valence-corrected chi connectivity index (χ4v) is 2.34. The van der Waals surface area contributed by atoms with Crippen LogP contribution in [-0.4, -0.2) is 45.2 Å². The van der Waals surface area contributed by atoms with Crippen molar-refractivity contribution in [3.05, 3.63) is 41.9 Å². The first-order valence-corrected chi connectivity index (χ1v) is 7.80. The standard InChI is InChI=1S/C17H19N5O/c1-2-9-18-17(23)21-11-6-14(7-12-21)3-4-15-8-13-22-16(20-15)5-10-19-22/h5-6,8,10,13H,2,7,9,11-12H2,1H3,(H,18,23). The lowest BCUT2D eigenvalue weighted by Gasteiger charge is -2.25. The van der Waals surface area contributed by atoms with E-state index in [1.807, 2.05) is 31.3 Å². The van der Waals surface area contributed by atoms with E-state index in [1.165, 1.54) is 0 Å². The van der Waals surface area contributed by atoms with Gasteiger partial charge < -0.3 is 10.2 Å². The zero-order chi connectivity index (χ0) is 16.1. The molecular weight excluding hydrogens is 290 g/mol. The third-order valence-corrected chi connectivity index (χ3v) is 3.63. The number of carbonyl (C=O) groups excluding carboxylic acids is 1. The Kier molecular flexibility index (Phi) is 4.57. The molecule has 0 atom stereocenters. The molecule has 0 bridgehead atoms. The molecule has 3 rings (SSSR count). The summed E-state index contributed by atoms with van der Waals surface area (Å²) in [5.74, 6) is 6.24. The van der Waals surface area contributed by atoms with Crippen LogP contribution in [0.4, 0.5) is 4.79 Å². The summed E-state index contributed by atoms with van der Waals surface area (Å²) in [5, 5.41) is 7.00. The summed E-state index contributed by atoms with van der Waals surface area (Å²) in [5.41, 5.74) is 2.56. The number of amides is 2. The lowest BCUT2D eigenvalue weighted by molar-refractivity contribution is 0.202. The summed E-state index contributed by atoms with van der Waals surface area (Å²) in [4.78, 5) is 18.1. The number of hydrogen-bond acceptors (Lipinski definition) is 3. The zero-order valence-electron chi connectivity index (χ0n) is 13.1. The molecule has 6 heteroatoms. The molecule has 118 valence electrons. The molecule has 0 unspecified atom stereocenters. The first kappa shape index (κ1) is 15.1. The van der Waals surface area contributed by atoms with Gasteiger partial charge in [0.15, 0.2) is 5.65 Å². The fraction of sp³-hybridized carbons (Fsp3) is 0.353. The topological polar surface area (TPSA) is 62.5 Å². The second-order valence-electron chi connectivity index (χ2n) is 5.35. The van der Waals surface area contributed by atoms with Crippen LogP contribution in [0.5, 0.6) is 0 Å². The summed E-state index contributed by atoms with van der Waals surface area (Å²) in [7, 11) is 0. The van der Waals surface area contributed by atoms with Gasteiger partial charge in [-0.05, 0) is 24.8 Å². The predicted octanol–water partition coefficient (Wildman–Crippen LogP) is 1.83. The van der Waals surface area contributed by atoms with Gasteiger partial charge in [-0.15, -0.1) is 0 Å². The maximum Gasteiger partial charge on any atom is 0.317 e. The van der Waals surface area contributed by atoms with Crippen molar-refractivity contribution in [1.82, 2.24) is 24.8 Å². The lowest BCUT2D eigenvalue weighted by Crippen LogP contribution is -2.42. The highest BCUT2D eigenvalue weighted by Gasteiger charge is 2.15. The first-order chi connectivity index (χ1) is 11.3. The van der Waals surface area contributed by atoms with Crippen LogP contribution in [0.15, 0.2) is 36.2 Å². The van der Waals surface area contributed by atoms with E-state index in [4.69, 9.17) is 0 Å². The molecule has 2 aromatic heterocycles. The third-order valence-electron chi connectivity index (χ3n) is 3.63. The SMILES string of the molecule is CCCNC(=O)N1CC=C(C#Cc2ccn3nccc3n2)CC1. The smallest absolute Gasteiger partial charge is 0.317 e. The minimum absolute atomic E-state index is 0.00274. The Morgan fingerprint density at radius 1 is 1.39 bits per heavy atom. The van der Waals surface area contributed by atoms with E-state index in [0.29, 0.717) is 19.6 Å². The molecule has 0 aliphatic carbocycles. The van der Waals surface area contributed by atoms with E-state index in [9.17, 15) is 4.79 Å². The molecule has 0 saturated heterocycles. The maximum atomic E-state index is 11.9. The van der Waals surface area contributed by atoms with Gasteiger partial charge in [-0.3, -0.25) is 0 Å². The molecule has 0 saturated carbocycles. The molecule has 0 radical (unpaired) electrons. The summed E-state index contributed by atoms with van der Waals surface area (Å²) < 4.78 is 1.71. The average Bonchev–Trinajstić information content (AvgIpc) is 3.06. The van der Waals surface area contributed by atoms with Crippen molar-refractivity contribution in [3.63, 3.8) is 0 Å². The molecule has 0 aromatic carbocycles. The van der Waals surface area contributed by atoms with Gasteiger partial charge in [0.2, 0.25) is 0 Å². The predicted molar refractivity (Wildman–Crippen MR) is 87.8 cm³/mol. The molecule has 23 heavy (non-hydrogen) atoms. The van der Waals surface area contributed by atoms with Crippen LogP contribution in [0.3, 0.4) is 0 Å². The maximum absolute atomic E-state index is 11.9. The number of hydrogen-bond donors (Lipinski definition) is 1. The molecule has 0 spiro atoms. The van der Waals surface area contributed by atoms with Gasteiger partial charge in [-0.1, -0.05) is 18.9 Å². The zero-order valence-corrected chi connectivity index (χ0v) is 13.1. The Labute approximate surface area is 135 Å². The largest absolute Gasteiger partial charge is 0.338 e. The first-order valence-electron chi connectivity index (χ1n) is 7.80. The van der Waals surface area contributed by atoms with Gasteiger partial charge in [0.25, 0.3) is 0 Å². The molecular formula is C17H19N5O. The van der Waals surface area contributed by atoms with Gasteiger partial charge in [-0.2, -0.15) is 5.10 Å². The molecule has 1 N–H and O–H groups in total. The number of aromatic nitrogens is 3. The minimum atomic E-state index is 0.00274. The van der Waals surface area contributed by atoms with E-state index in [-0.39, 0.29) is 6.03 Å². The second kappa shape index (κ2) is 6.97. The van der Waals surface area contributed by atoms with Gasteiger partial charge in [-0.25, -0.2) is 14.3 Å². The monoisotopic (exact) mass is 309 g/mol. The van der Waals surface area contributed by atoms with E-state index >= 15 is 0 Å². The van der Waals surface area contributed by atoms with Gasteiger partial charge in [0.05, 0.1) is 6.20 Å². The Morgan fingerprint density at radius 3 is 3.09 bits per heavy atom. The molecule has 0 fully saturated rings. The average molecular weight is 309 g/mol. The lowest BCUT2D eigenvalue weighted by atomic mass is 10.1. The number of rotatable bonds is 2. The second-order valence-corrected chi connectivity index (χ2v) is 5.35. The van der Waals surface area contributed by atoms with E-state index < -0.39 is 0 Å². The summed E-state index contributed by atoms with van der Waals surface area (Å²) in [6.07, 6.45) is 7.30. The Bertz CT molecular complexity index is 796. The Morgan fingerprint density at radius 2 is 2.30 bits per heavy atom. The Balaban J connectivity index is 1.63. The van der Waals surface area contributed by atoms with Crippen LogP contribution in [0.2, 0.25) is 0 Å². The minimum Gasteiger partial charge on any atom is -0.338 e. The molecule has 6 nitrogen and oxygen atoms in total. The quantitative estimate of drug-likeness (QED) is 0.861. The van der Waals surface area contributed by atoms with Crippen molar-refractivity contribution in [3.8, 4) is 11.8 Å². The van der Waals surface area contributed by atoms with Crippen LogP contribution < -0.4 is 5.32 Å². The van der Waals surface area contributed by atoms with Crippen molar-refractivity contribution < 1.29 is 4.79 Å². The number of urea groups is 1. The van der Waals surface area contributed by atoms with Crippen LogP contribution in [0, 0.1) is 11.8 Å². The van der Waals surface area contributed by atoms with Gasteiger partial charge in [0, 0.05) is 37.5 Å². The van der Waals surface area contributed by atoms with Crippen LogP contribution >= 0.6 is 0 Å². The van der Waals surface area contributed by atoms with Gasteiger partial charge >= 0.3 is 6.03 Å². The highest BCUT2D eigenvalue weighted by molar-refractivity contribution is 5.74. The number of nitrogens with zero attached hydrogens (tertiary/aromatic N) is 4. The number of carbonyl (C=O) groups is 1. The normalized spacial score (nSPS) is 14.1. The van der Waals surface area contributed by atoms with Crippen molar-refractivity contribution in [2.45, 2.75) is 19.8 Å². The summed E-state index contributed by atoms with van der Waals surface area (Å²) >= 11 is 0. The van der Waals surface area contributed by atoms with E-state index in [1.54, 1.807) is 15.6 Å². The van der Waals surface area contributed by atoms with E-state index in [2.05, 4.69) is 27.2 Å². The molecule has 3 heterocycles. The number of nitrogens with one attached hydrogen (secondary N) is 1. The Hall–Kier alpha value is -2.81. The highest BCUT2D eigenvalue weighted by Crippen LogP contribution is 2.10. The number of fused-ring (bicyclic) bond motifs is 1. The van der Waals surface area contributed by atoms with Gasteiger partial charge in [0.1, 0.15) is 5.69 Å². The molecule has 1 aliphatic heterocycles. The van der Waals surface area contributed by atoms with E-state index in [0.717, 1.165) is 29.8 Å². The van der Waals surface area contributed by atoms with Crippen molar-refractivity contribution in [1.29, 1.82) is 0 Å². The summed E-state index contributed by atoms with van der Waals surface area (Å²) in [6, 6.07) is 3.70. The van der Waals surface area contributed by atoms with Crippen LogP contribution in [-0.2, 0) is 0 Å². The molecule has 1 aliphatic rings. The van der Waals surface area contributed by atoms with Crippen LogP contribution in [0.25, 0.3) is 5.65 Å². The van der Waals surface area contributed by atoms with Crippen molar-refractivity contribution >= 4 is 11.7 Å². The fourth-order valence-electron chi connectivity index (χ4n) is 2.34. The molecule has 2 aromatic rings. The highest BCUT2D eigenvalue weighted by atomic mass is 16.2. The summed E-state index contributed by atoms with van der Waals surface area (Å²) in [6.45, 7) is 4.06.